The Morgan fingerprint density at radius 1 is 1.38 bits per heavy atom. The first-order chi connectivity index (χ1) is 9.80. The molecule has 0 unspecified atom stereocenters. The number of aliphatic hydroxyl groups excluding tert-OH is 1. The first-order valence-corrected chi connectivity index (χ1v) is 7.91. The average molecular weight is 317 g/mol. The molecule has 1 aromatic rings. The summed E-state index contributed by atoms with van der Waals surface area (Å²) in [6.45, 7) is 0.111. The largest absolute Gasteiger partial charge is 0.478 e. The number of carboxylic acids is 1. The summed E-state index contributed by atoms with van der Waals surface area (Å²) in [7, 11) is -4.04. The number of aromatic carboxylic acids is 1. The molecule has 0 spiro atoms. The maximum Gasteiger partial charge on any atom is 0.335 e. The maximum absolute atomic E-state index is 13.8. The van der Waals surface area contributed by atoms with Crippen molar-refractivity contribution in [3.05, 3.63) is 29.6 Å². The van der Waals surface area contributed by atoms with Gasteiger partial charge in [-0.3, -0.25) is 0 Å². The number of aliphatic hydroxyl groups is 1. The summed E-state index contributed by atoms with van der Waals surface area (Å²) in [6, 6.07) is 2.66. The third kappa shape index (κ3) is 3.58. The number of carboxylic acid groups (broad SMARTS) is 1. The number of hydrogen-bond donors (Lipinski definition) is 3. The lowest BCUT2D eigenvalue weighted by Gasteiger charge is -2.15. The average Bonchev–Trinajstić information content (AvgIpc) is 3.17. The Bertz CT molecular complexity index is 655. The Morgan fingerprint density at radius 3 is 2.52 bits per heavy atom. The van der Waals surface area contributed by atoms with E-state index in [1.165, 1.54) is 0 Å². The van der Waals surface area contributed by atoms with Gasteiger partial charge in [0, 0.05) is 13.2 Å². The number of rotatable bonds is 7. The molecule has 0 amide bonds. The van der Waals surface area contributed by atoms with Crippen LogP contribution >= 0.6 is 0 Å². The lowest BCUT2D eigenvalue weighted by molar-refractivity contribution is 0.0696. The molecular weight excluding hydrogens is 301 g/mol. The minimum absolute atomic E-state index is 0.0244. The smallest absolute Gasteiger partial charge is 0.335 e. The Labute approximate surface area is 121 Å². The Morgan fingerprint density at radius 2 is 2.05 bits per heavy atom. The van der Waals surface area contributed by atoms with Crippen molar-refractivity contribution in [3.8, 4) is 0 Å². The Balaban J connectivity index is 2.14. The van der Waals surface area contributed by atoms with E-state index in [0.29, 0.717) is 12.5 Å². The van der Waals surface area contributed by atoms with Crippen molar-refractivity contribution in [3.63, 3.8) is 0 Å². The van der Waals surface area contributed by atoms with Crippen LogP contribution in [0.1, 0.15) is 29.6 Å². The Hall–Kier alpha value is -1.51. The summed E-state index contributed by atoms with van der Waals surface area (Å²) in [6.07, 6.45) is 2.13. The van der Waals surface area contributed by atoms with E-state index in [9.17, 15) is 17.6 Å². The number of benzene rings is 1. The summed E-state index contributed by atoms with van der Waals surface area (Å²) >= 11 is 0. The molecule has 2 rings (SSSR count). The summed E-state index contributed by atoms with van der Waals surface area (Å²) in [4.78, 5) is 10.1. The first-order valence-electron chi connectivity index (χ1n) is 6.43. The van der Waals surface area contributed by atoms with E-state index < -0.39 is 26.7 Å². The van der Waals surface area contributed by atoms with Crippen LogP contribution in [0.3, 0.4) is 0 Å². The highest BCUT2D eigenvalue weighted by Crippen LogP contribution is 2.48. The summed E-state index contributed by atoms with van der Waals surface area (Å²) in [5.41, 5.74) is -0.551. The fourth-order valence-electron chi connectivity index (χ4n) is 2.11. The fourth-order valence-corrected chi connectivity index (χ4v) is 3.32. The number of hydrogen-bond acceptors (Lipinski definition) is 4. The second kappa shape index (κ2) is 5.70. The molecule has 0 heterocycles. The first kappa shape index (κ1) is 15.9. The summed E-state index contributed by atoms with van der Waals surface area (Å²) < 4.78 is 40.2. The van der Waals surface area contributed by atoms with Crippen LogP contribution in [0.25, 0.3) is 0 Å². The molecule has 0 radical (unpaired) electrons. The molecule has 3 N–H and O–H groups in total. The molecule has 21 heavy (non-hydrogen) atoms. The monoisotopic (exact) mass is 317 g/mol. The number of carbonyl (C=O) groups is 1. The molecule has 6 nitrogen and oxygen atoms in total. The minimum atomic E-state index is -4.04. The van der Waals surface area contributed by atoms with E-state index in [1.807, 2.05) is 0 Å². The van der Waals surface area contributed by atoms with E-state index in [4.69, 9.17) is 10.2 Å². The predicted octanol–water partition coefficient (Wildman–Crippen LogP) is 0.965. The topological polar surface area (TPSA) is 104 Å². The van der Waals surface area contributed by atoms with E-state index >= 15 is 0 Å². The lowest BCUT2D eigenvalue weighted by Crippen LogP contribution is -2.31. The standard InChI is InChI=1S/C13H16FNO5S/c14-10-7-9(12(17)18)1-2-11(10)21(19,20)15-8-13(3-4-13)5-6-16/h1-2,7,15-16H,3-6,8H2,(H,17,18). The van der Waals surface area contributed by atoms with Crippen LogP contribution in [0.15, 0.2) is 23.1 Å². The van der Waals surface area contributed by atoms with Gasteiger partial charge in [-0.1, -0.05) is 0 Å². The molecule has 8 heteroatoms. The fraction of sp³-hybridized carbons (Fsp3) is 0.462. The van der Waals surface area contributed by atoms with Crippen molar-refractivity contribution in [2.24, 2.45) is 5.41 Å². The summed E-state index contributed by atoms with van der Waals surface area (Å²) in [5.74, 6) is -2.43. The third-order valence-corrected chi connectivity index (χ3v) is 5.14. The zero-order valence-corrected chi connectivity index (χ0v) is 12.0. The molecule has 1 aromatic carbocycles. The van der Waals surface area contributed by atoms with Crippen LogP contribution in [-0.2, 0) is 10.0 Å². The molecule has 116 valence electrons. The van der Waals surface area contributed by atoms with Gasteiger partial charge >= 0.3 is 5.97 Å². The lowest BCUT2D eigenvalue weighted by atomic mass is 10.0. The van der Waals surface area contributed by atoms with Crippen molar-refractivity contribution in [2.45, 2.75) is 24.2 Å². The predicted molar refractivity (Wildman–Crippen MR) is 71.9 cm³/mol. The quantitative estimate of drug-likeness (QED) is 0.695. The van der Waals surface area contributed by atoms with Crippen molar-refractivity contribution < 1.29 is 27.8 Å². The van der Waals surface area contributed by atoms with Gasteiger partial charge in [0.05, 0.1) is 5.56 Å². The van der Waals surface area contributed by atoms with Gasteiger partial charge in [-0.05, 0) is 42.9 Å². The molecule has 1 aliphatic carbocycles. The normalized spacial score (nSPS) is 16.7. The zero-order valence-electron chi connectivity index (χ0n) is 11.2. The second-order valence-corrected chi connectivity index (χ2v) is 6.98. The van der Waals surface area contributed by atoms with E-state index in [2.05, 4.69) is 4.72 Å². The number of nitrogens with one attached hydrogen (secondary N) is 1. The number of halogens is 1. The molecule has 1 saturated carbocycles. The molecule has 0 atom stereocenters. The SMILES string of the molecule is O=C(O)c1ccc(S(=O)(=O)NCC2(CCO)CC2)c(F)c1. The molecule has 0 aromatic heterocycles. The molecular formula is C13H16FNO5S. The van der Waals surface area contributed by atoms with Crippen LogP contribution in [-0.4, -0.2) is 37.8 Å². The van der Waals surface area contributed by atoms with Gasteiger partial charge in [0.25, 0.3) is 0 Å². The van der Waals surface area contributed by atoms with Crippen molar-refractivity contribution >= 4 is 16.0 Å². The molecule has 0 aliphatic heterocycles. The van der Waals surface area contributed by atoms with E-state index in [0.717, 1.165) is 25.0 Å². The maximum atomic E-state index is 13.8. The van der Waals surface area contributed by atoms with Crippen LogP contribution in [0.2, 0.25) is 0 Å². The van der Waals surface area contributed by atoms with Gasteiger partial charge in [0.2, 0.25) is 10.0 Å². The molecule has 1 fully saturated rings. The van der Waals surface area contributed by atoms with E-state index in [1.54, 1.807) is 0 Å². The van der Waals surface area contributed by atoms with Crippen molar-refractivity contribution in [1.29, 1.82) is 0 Å². The van der Waals surface area contributed by atoms with Crippen LogP contribution in [0, 0.1) is 11.2 Å². The van der Waals surface area contributed by atoms with Gasteiger partial charge in [0.15, 0.2) is 0 Å². The van der Waals surface area contributed by atoms with Crippen LogP contribution in [0.5, 0.6) is 0 Å². The number of sulfonamides is 1. The minimum Gasteiger partial charge on any atom is -0.478 e. The van der Waals surface area contributed by atoms with Crippen molar-refractivity contribution in [2.75, 3.05) is 13.2 Å². The van der Waals surface area contributed by atoms with E-state index in [-0.39, 0.29) is 24.1 Å². The zero-order chi connectivity index (χ0) is 15.7. The Kier molecular flexibility index (Phi) is 4.31. The van der Waals surface area contributed by atoms with Gasteiger partial charge in [0.1, 0.15) is 10.7 Å². The van der Waals surface area contributed by atoms with Gasteiger partial charge in [-0.2, -0.15) is 0 Å². The third-order valence-electron chi connectivity index (χ3n) is 3.70. The highest BCUT2D eigenvalue weighted by atomic mass is 32.2. The molecule has 0 saturated heterocycles. The highest BCUT2D eigenvalue weighted by molar-refractivity contribution is 7.89. The molecule has 1 aliphatic rings. The highest BCUT2D eigenvalue weighted by Gasteiger charge is 2.42. The van der Waals surface area contributed by atoms with Crippen molar-refractivity contribution in [1.82, 2.24) is 4.72 Å². The molecule has 0 bridgehead atoms. The van der Waals surface area contributed by atoms with Crippen LogP contribution in [0.4, 0.5) is 4.39 Å². The summed E-state index contributed by atoms with van der Waals surface area (Å²) in [5, 5.41) is 17.6. The van der Waals surface area contributed by atoms with Crippen LogP contribution < -0.4 is 4.72 Å². The van der Waals surface area contributed by atoms with Gasteiger partial charge in [-0.25, -0.2) is 22.3 Å². The van der Waals surface area contributed by atoms with Gasteiger partial charge in [-0.15, -0.1) is 0 Å². The van der Waals surface area contributed by atoms with Gasteiger partial charge < -0.3 is 10.2 Å². The second-order valence-electron chi connectivity index (χ2n) is 5.25.